The van der Waals surface area contributed by atoms with E-state index in [0.717, 1.165) is 5.56 Å². The van der Waals surface area contributed by atoms with Gasteiger partial charge in [0.15, 0.2) is 6.10 Å². The van der Waals surface area contributed by atoms with Crippen LogP contribution in [0.5, 0.6) is 5.75 Å². The molecule has 1 atom stereocenters. The molecule has 1 aromatic carbocycles. The van der Waals surface area contributed by atoms with E-state index in [1.165, 1.54) is 0 Å². The first-order valence-electron chi connectivity index (χ1n) is 6.94. The van der Waals surface area contributed by atoms with Crippen molar-refractivity contribution in [1.82, 2.24) is 10.3 Å². The van der Waals surface area contributed by atoms with Crippen molar-refractivity contribution in [2.75, 3.05) is 5.32 Å². The Morgan fingerprint density at radius 2 is 2.14 bits per heavy atom. The number of para-hydroxylation sites is 2. The number of anilines is 1. The van der Waals surface area contributed by atoms with Gasteiger partial charge in [0.25, 0.3) is 5.91 Å². The van der Waals surface area contributed by atoms with E-state index in [1.807, 2.05) is 18.2 Å². The Labute approximate surface area is 127 Å². The van der Waals surface area contributed by atoms with Gasteiger partial charge in [0.05, 0.1) is 12.1 Å². The van der Waals surface area contributed by atoms with Crippen molar-refractivity contribution in [3.05, 3.63) is 54.4 Å². The molecule has 112 valence electrons. The predicted octanol–water partition coefficient (Wildman–Crippen LogP) is 1.49. The number of amides is 2. The van der Waals surface area contributed by atoms with E-state index in [-0.39, 0.29) is 18.2 Å². The molecule has 1 unspecified atom stereocenters. The summed E-state index contributed by atoms with van der Waals surface area (Å²) in [6.07, 6.45) is 2.51. The number of fused-ring (bicyclic) bond motifs is 1. The number of ether oxygens (including phenoxy) is 1. The van der Waals surface area contributed by atoms with Gasteiger partial charge in [-0.15, -0.1) is 0 Å². The van der Waals surface area contributed by atoms with Gasteiger partial charge in [0, 0.05) is 18.9 Å². The van der Waals surface area contributed by atoms with Crippen LogP contribution in [-0.2, 0) is 16.1 Å². The molecule has 0 saturated carbocycles. The lowest BCUT2D eigenvalue weighted by Crippen LogP contribution is -2.40. The number of carbonyl (C=O) groups is 2. The minimum atomic E-state index is -0.816. The summed E-state index contributed by atoms with van der Waals surface area (Å²) in [5.74, 6) is 0.0192. The standard InChI is InChI=1S/C16H15N3O3/c20-15(18-10-11-4-3-7-17-9-11)8-14-16(21)19-12-5-1-2-6-13(12)22-14/h1-7,9,14H,8,10H2,(H,18,20)(H,19,21). The minimum absolute atomic E-state index is 0.0274. The molecule has 1 aliphatic heterocycles. The number of benzene rings is 1. The van der Waals surface area contributed by atoms with Gasteiger partial charge in [-0.2, -0.15) is 0 Å². The second-order valence-electron chi connectivity index (χ2n) is 4.93. The Kier molecular flexibility index (Phi) is 4.00. The first-order valence-corrected chi connectivity index (χ1v) is 6.94. The van der Waals surface area contributed by atoms with Crippen LogP contribution in [0, 0.1) is 0 Å². The summed E-state index contributed by atoms with van der Waals surface area (Å²) in [5, 5.41) is 5.49. The summed E-state index contributed by atoms with van der Waals surface area (Å²) in [6.45, 7) is 0.373. The average Bonchev–Trinajstić information content (AvgIpc) is 2.55. The van der Waals surface area contributed by atoms with Crippen LogP contribution in [0.1, 0.15) is 12.0 Å². The molecular weight excluding hydrogens is 282 g/mol. The molecule has 22 heavy (non-hydrogen) atoms. The maximum absolute atomic E-state index is 12.0. The van der Waals surface area contributed by atoms with E-state index in [9.17, 15) is 9.59 Å². The SMILES string of the molecule is O=C(CC1Oc2ccccc2NC1=O)NCc1cccnc1. The van der Waals surface area contributed by atoms with Crippen molar-refractivity contribution >= 4 is 17.5 Å². The molecule has 3 rings (SSSR count). The van der Waals surface area contributed by atoms with Gasteiger partial charge in [0.2, 0.25) is 5.91 Å². The largest absolute Gasteiger partial charge is 0.478 e. The van der Waals surface area contributed by atoms with E-state index >= 15 is 0 Å². The molecule has 2 aromatic rings. The van der Waals surface area contributed by atoms with Gasteiger partial charge in [-0.25, -0.2) is 0 Å². The molecule has 0 spiro atoms. The van der Waals surface area contributed by atoms with Gasteiger partial charge in [0.1, 0.15) is 5.75 Å². The highest BCUT2D eigenvalue weighted by Gasteiger charge is 2.29. The second-order valence-corrected chi connectivity index (χ2v) is 4.93. The zero-order chi connectivity index (χ0) is 15.4. The Hall–Kier alpha value is -2.89. The van der Waals surface area contributed by atoms with Crippen molar-refractivity contribution in [3.8, 4) is 5.75 Å². The maximum atomic E-state index is 12.0. The third-order valence-corrected chi connectivity index (χ3v) is 3.29. The third kappa shape index (κ3) is 3.22. The van der Waals surface area contributed by atoms with E-state index in [4.69, 9.17) is 4.74 Å². The molecule has 6 heteroatoms. The number of nitrogens with zero attached hydrogens (tertiary/aromatic N) is 1. The lowest BCUT2D eigenvalue weighted by Gasteiger charge is -2.25. The quantitative estimate of drug-likeness (QED) is 0.896. The van der Waals surface area contributed by atoms with Crippen LogP contribution < -0.4 is 15.4 Å². The summed E-state index contributed by atoms with van der Waals surface area (Å²) < 4.78 is 5.58. The van der Waals surface area contributed by atoms with Crippen molar-refractivity contribution in [3.63, 3.8) is 0 Å². The number of hydrogen-bond donors (Lipinski definition) is 2. The summed E-state index contributed by atoms with van der Waals surface area (Å²) in [7, 11) is 0. The second kappa shape index (κ2) is 6.26. The van der Waals surface area contributed by atoms with E-state index in [0.29, 0.717) is 18.0 Å². The summed E-state index contributed by atoms with van der Waals surface area (Å²) >= 11 is 0. The van der Waals surface area contributed by atoms with Crippen molar-refractivity contribution in [2.45, 2.75) is 19.1 Å². The van der Waals surface area contributed by atoms with Crippen molar-refractivity contribution in [2.24, 2.45) is 0 Å². The first kappa shape index (κ1) is 14.1. The molecule has 0 aliphatic carbocycles. The highest BCUT2D eigenvalue weighted by atomic mass is 16.5. The highest BCUT2D eigenvalue weighted by molar-refractivity contribution is 5.99. The number of rotatable bonds is 4. The van der Waals surface area contributed by atoms with Crippen LogP contribution in [0.25, 0.3) is 0 Å². The zero-order valence-electron chi connectivity index (χ0n) is 11.8. The molecule has 2 N–H and O–H groups in total. The molecule has 0 bridgehead atoms. The predicted molar refractivity (Wildman–Crippen MR) is 80.2 cm³/mol. The topological polar surface area (TPSA) is 80.3 Å². The Bertz CT molecular complexity index is 688. The number of carbonyl (C=O) groups excluding carboxylic acids is 2. The van der Waals surface area contributed by atoms with E-state index in [2.05, 4.69) is 15.6 Å². The van der Waals surface area contributed by atoms with Crippen LogP contribution in [0.15, 0.2) is 48.8 Å². The minimum Gasteiger partial charge on any atom is -0.478 e. The molecule has 0 radical (unpaired) electrons. The van der Waals surface area contributed by atoms with Crippen LogP contribution in [-0.4, -0.2) is 22.9 Å². The van der Waals surface area contributed by atoms with Crippen molar-refractivity contribution < 1.29 is 14.3 Å². The average molecular weight is 297 g/mol. The summed E-state index contributed by atoms with van der Waals surface area (Å²) in [5.41, 5.74) is 1.52. The Morgan fingerprint density at radius 1 is 1.27 bits per heavy atom. The van der Waals surface area contributed by atoms with Crippen LogP contribution >= 0.6 is 0 Å². The molecule has 0 fully saturated rings. The van der Waals surface area contributed by atoms with E-state index in [1.54, 1.807) is 30.6 Å². The normalized spacial score (nSPS) is 16.2. The van der Waals surface area contributed by atoms with Gasteiger partial charge in [-0.3, -0.25) is 14.6 Å². The van der Waals surface area contributed by atoms with Gasteiger partial charge < -0.3 is 15.4 Å². The number of pyridine rings is 1. The number of aromatic nitrogens is 1. The fourth-order valence-electron chi connectivity index (χ4n) is 2.17. The summed E-state index contributed by atoms with van der Waals surface area (Å²) in [6, 6.07) is 10.8. The Balaban J connectivity index is 1.57. The first-order chi connectivity index (χ1) is 10.7. The van der Waals surface area contributed by atoms with Crippen LogP contribution in [0.4, 0.5) is 5.69 Å². The third-order valence-electron chi connectivity index (χ3n) is 3.29. The molecular formula is C16H15N3O3. The monoisotopic (exact) mass is 297 g/mol. The fourth-order valence-corrected chi connectivity index (χ4v) is 2.17. The van der Waals surface area contributed by atoms with Gasteiger partial charge in [-0.05, 0) is 23.8 Å². The van der Waals surface area contributed by atoms with Crippen molar-refractivity contribution in [1.29, 1.82) is 0 Å². The molecule has 1 aliphatic rings. The molecule has 0 saturated heterocycles. The summed E-state index contributed by atoms with van der Waals surface area (Å²) in [4.78, 5) is 27.9. The molecule has 2 amide bonds. The Morgan fingerprint density at radius 3 is 2.95 bits per heavy atom. The highest BCUT2D eigenvalue weighted by Crippen LogP contribution is 2.29. The number of hydrogen-bond acceptors (Lipinski definition) is 4. The van der Waals surface area contributed by atoms with E-state index < -0.39 is 6.10 Å². The lowest BCUT2D eigenvalue weighted by molar-refractivity contribution is -0.130. The molecule has 1 aromatic heterocycles. The smallest absolute Gasteiger partial charge is 0.266 e. The van der Waals surface area contributed by atoms with Crippen LogP contribution in [0.3, 0.4) is 0 Å². The fraction of sp³-hybridized carbons (Fsp3) is 0.188. The van der Waals surface area contributed by atoms with Gasteiger partial charge in [-0.1, -0.05) is 18.2 Å². The lowest BCUT2D eigenvalue weighted by atomic mass is 10.1. The maximum Gasteiger partial charge on any atom is 0.266 e. The van der Waals surface area contributed by atoms with Gasteiger partial charge >= 0.3 is 0 Å². The molecule has 2 heterocycles. The zero-order valence-corrected chi connectivity index (χ0v) is 11.8. The van der Waals surface area contributed by atoms with Crippen LogP contribution in [0.2, 0.25) is 0 Å². The molecule has 6 nitrogen and oxygen atoms in total. The number of nitrogens with one attached hydrogen (secondary N) is 2.